The van der Waals surface area contributed by atoms with Gasteiger partial charge in [0.1, 0.15) is 11.4 Å². The second kappa shape index (κ2) is 6.73. The van der Waals surface area contributed by atoms with Gasteiger partial charge in [0.15, 0.2) is 0 Å². The maximum absolute atomic E-state index is 13.4. The number of hydrogen-bond acceptors (Lipinski definition) is 3. The van der Waals surface area contributed by atoms with E-state index in [9.17, 15) is 9.18 Å². The van der Waals surface area contributed by atoms with E-state index < -0.39 is 5.54 Å². The smallest absolute Gasteiger partial charge is 0.249 e. The number of hydrogen-bond donors (Lipinski definition) is 0. The van der Waals surface area contributed by atoms with Crippen LogP contribution >= 0.6 is 0 Å². The molecule has 1 saturated heterocycles. The normalized spacial score (nSPS) is 21.6. The second-order valence-corrected chi connectivity index (χ2v) is 6.65. The average Bonchev–Trinajstić information content (AvgIpc) is 3.09. The first-order valence-corrected chi connectivity index (χ1v) is 8.18. The Bertz CT molecular complexity index is 701. The number of benzene rings is 1. The fourth-order valence-electron chi connectivity index (χ4n) is 3.58. The van der Waals surface area contributed by atoms with E-state index in [0.717, 1.165) is 24.9 Å². The summed E-state index contributed by atoms with van der Waals surface area (Å²) in [5.41, 5.74) is 0.278. The largest absolute Gasteiger partial charge is 0.347 e. The minimum atomic E-state index is -0.647. The minimum absolute atomic E-state index is 0.0736. The van der Waals surface area contributed by atoms with E-state index in [1.165, 1.54) is 6.07 Å². The number of likely N-dealkylation sites (tertiary alicyclic amines) is 1. The quantitative estimate of drug-likeness (QED) is 0.862. The number of likely N-dealkylation sites (N-methyl/N-ethyl adjacent to an activating group) is 1. The fourth-order valence-corrected chi connectivity index (χ4v) is 3.58. The van der Waals surface area contributed by atoms with Gasteiger partial charge in [-0.25, -0.2) is 9.37 Å². The molecule has 1 unspecified atom stereocenters. The molecule has 0 aliphatic carbocycles. The van der Waals surface area contributed by atoms with Gasteiger partial charge in [-0.3, -0.25) is 9.69 Å². The van der Waals surface area contributed by atoms with Crippen LogP contribution in [-0.4, -0.2) is 52.4 Å². The van der Waals surface area contributed by atoms with Crippen LogP contribution < -0.4 is 0 Å². The van der Waals surface area contributed by atoms with Crippen LogP contribution in [0.25, 0.3) is 0 Å². The molecule has 5 nitrogen and oxygen atoms in total. The Balaban J connectivity index is 1.86. The van der Waals surface area contributed by atoms with Crippen LogP contribution in [-0.2, 0) is 16.9 Å². The van der Waals surface area contributed by atoms with Crippen molar-refractivity contribution in [1.29, 1.82) is 0 Å². The van der Waals surface area contributed by atoms with E-state index in [1.807, 2.05) is 16.8 Å². The molecular weight excluding hydrogens is 307 g/mol. The van der Waals surface area contributed by atoms with Gasteiger partial charge >= 0.3 is 0 Å². The van der Waals surface area contributed by atoms with Gasteiger partial charge in [-0.15, -0.1) is 0 Å². The first-order valence-electron chi connectivity index (χ1n) is 8.18. The molecule has 1 aliphatic heterocycles. The highest BCUT2D eigenvalue weighted by Crippen LogP contribution is 2.31. The van der Waals surface area contributed by atoms with Crippen molar-refractivity contribution in [1.82, 2.24) is 19.4 Å². The van der Waals surface area contributed by atoms with E-state index in [0.29, 0.717) is 13.1 Å². The number of nitrogens with zero attached hydrogens (tertiary/aromatic N) is 4. The molecule has 0 radical (unpaired) electrons. The number of halogens is 1. The van der Waals surface area contributed by atoms with Gasteiger partial charge in [0.2, 0.25) is 5.91 Å². The molecule has 0 N–H and O–H groups in total. The van der Waals surface area contributed by atoms with Crippen LogP contribution in [0.1, 0.15) is 18.4 Å². The molecular formula is C18H23FN4O. The van der Waals surface area contributed by atoms with E-state index in [-0.39, 0.29) is 11.7 Å². The number of piperidine rings is 1. The van der Waals surface area contributed by atoms with E-state index in [2.05, 4.69) is 9.88 Å². The summed E-state index contributed by atoms with van der Waals surface area (Å²) in [7, 11) is 3.57. The number of imidazole rings is 1. The summed E-state index contributed by atoms with van der Waals surface area (Å²) in [6, 6.07) is 6.65. The van der Waals surface area contributed by atoms with Crippen molar-refractivity contribution < 1.29 is 9.18 Å². The van der Waals surface area contributed by atoms with Crippen LogP contribution in [0.4, 0.5) is 4.39 Å². The van der Waals surface area contributed by atoms with Crippen molar-refractivity contribution in [3.63, 3.8) is 0 Å². The molecule has 1 aliphatic rings. The lowest BCUT2D eigenvalue weighted by molar-refractivity contribution is -0.141. The lowest BCUT2D eigenvalue weighted by atomic mass is 9.87. The molecule has 3 rings (SSSR count). The molecule has 1 atom stereocenters. The molecule has 2 aromatic rings. The fraction of sp³-hybridized carbons (Fsp3) is 0.444. The standard InChI is InChI=1S/C18H23FN4O/c1-21(2)17(24)18(23-10-8-20-14-23)7-4-9-22(13-18)12-15-5-3-6-16(19)11-15/h3,5-6,8,10-11,14H,4,7,9,12-13H2,1-2H3. The zero-order valence-electron chi connectivity index (χ0n) is 14.2. The molecule has 1 fully saturated rings. The zero-order valence-corrected chi connectivity index (χ0v) is 14.2. The lowest BCUT2D eigenvalue weighted by Crippen LogP contribution is -2.57. The van der Waals surface area contributed by atoms with Gasteiger partial charge in [-0.05, 0) is 37.1 Å². The zero-order chi connectivity index (χ0) is 17.2. The van der Waals surface area contributed by atoms with Crippen LogP contribution in [0, 0.1) is 5.82 Å². The predicted octanol–water partition coefficient (Wildman–Crippen LogP) is 2.10. The molecule has 6 heteroatoms. The Morgan fingerprint density at radius 1 is 1.42 bits per heavy atom. The predicted molar refractivity (Wildman–Crippen MR) is 89.8 cm³/mol. The van der Waals surface area contributed by atoms with Crippen molar-refractivity contribution in [2.75, 3.05) is 27.2 Å². The number of carbonyl (C=O) groups excluding carboxylic acids is 1. The van der Waals surface area contributed by atoms with Gasteiger partial charge < -0.3 is 9.47 Å². The van der Waals surface area contributed by atoms with Crippen molar-refractivity contribution in [2.24, 2.45) is 0 Å². The number of aromatic nitrogens is 2. The number of amides is 1. The molecule has 1 aromatic heterocycles. The molecule has 24 heavy (non-hydrogen) atoms. The Kier molecular flexibility index (Phi) is 4.66. The van der Waals surface area contributed by atoms with Gasteiger partial charge in [0, 0.05) is 39.6 Å². The van der Waals surface area contributed by atoms with Crippen LogP contribution in [0.3, 0.4) is 0 Å². The molecule has 0 spiro atoms. The molecule has 1 aromatic carbocycles. The van der Waals surface area contributed by atoms with Crippen LogP contribution in [0.5, 0.6) is 0 Å². The number of carbonyl (C=O) groups is 1. The summed E-state index contributed by atoms with van der Waals surface area (Å²) >= 11 is 0. The Hall–Kier alpha value is -2.21. The Labute approximate surface area is 141 Å². The topological polar surface area (TPSA) is 41.4 Å². The monoisotopic (exact) mass is 330 g/mol. The van der Waals surface area contributed by atoms with Gasteiger partial charge in [0.05, 0.1) is 6.33 Å². The molecule has 128 valence electrons. The van der Waals surface area contributed by atoms with Gasteiger partial charge in [0.25, 0.3) is 0 Å². The minimum Gasteiger partial charge on any atom is -0.347 e. The molecule has 0 saturated carbocycles. The third kappa shape index (κ3) is 3.19. The van der Waals surface area contributed by atoms with Gasteiger partial charge in [-0.2, -0.15) is 0 Å². The summed E-state index contributed by atoms with van der Waals surface area (Å²) in [5, 5.41) is 0. The number of rotatable bonds is 4. The summed E-state index contributed by atoms with van der Waals surface area (Å²) in [6.45, 7) is 2.12. The van der Waals surface area contributed by atoms with Crippen molar-refractivity contribution >= 4 is 5.91 Å². The van der Waals surface area contributed by atoms with E-state index in [4.69, 9.17) is 0 Å². The van der Waals surface area contributed by atoms with Crippen molar-refractivity contribution in [3.8, 4) is 0 Å². The molecule has 0 bridgehead atoms. The maximum atomic E-state index is 13.4. The Morgan fingerprint density at radius 3 is 2.92 bits per heavy atom. The molecule has 1 amide bonds. The first-order chi connectivity index (χ1) is 11.5. The summed E-state index contributed by atoms with van der Waals surface area (Å²) < 4.78 is 15.4. The van der Waals surface area contributed by atoms with E-state index >= 15 is 0 Å². The molecule has 2 heterocycles. The SMILES string of the molecule is CN(C)C(=O)C1(n2ccnc2)CCCN(Cc2cccc(F)c2)C1. The summed E-state index contributed by atoms with van der Waals surface area (Å²) in [4.78, 5) is 21.0. The summed E-state index contributed by atoms with van der Waals surface area (Å²) in [5.74, 6) is -0.154. The third-order valence-electron chi connectivity index (χ3n) is 4.65. The first kappa shape index (κ1) is 16.6. The van der Waals surface area contributed by atoms with Gasteiger partial charge in [-0.1, -0.05) is 12.1 Å². The Morgan fingerprint density at radius 2 is 2.25 bits per heavy atom. The average molecular weight is 330 g/mol. The highest BCUT2D eigenvalue weighted by atomic mass is 19.1. The highest BCUT2D eigenvalue weighted by Gasteiger charge is 2.44. The van der Waals surface area contributed by atoms with Crippen LogP contribution in [0.2, 0.25) is 0 Å². The van der Waals surface area contributed by atoms with Crippen molar-refractivity contribution in [3.05, 3.63) is 54.4 Å². The summed E-state index contributed by atoms with van der Waals surface area (Å²) in [6.07, 6.45) is 6.96. The lowest BCUT2D eigenvalue weighted by Gasteiger charge is -2.43. The van der Waals surface area contributed by atoms with Crippen LogP contribution in [0.15, 0.2) is 43.0 Å². The highest BCUT2D eigenvalue weighted by molar-refractivity contribution is 5.84. The van der Waals surface area contributed by atoms with Crippen molar-refractivity contribution in [2.45, 2.75) is 24.9 Å². The van der Waals surface area contributed by atoms with E-state index in [1.54, 1.807) is 43.7 Å². The third-order valence-corrected chi connectivity index (χ3v) is 4.65. The second-order valence-electron chi connectivity index (χ2n) is 6.65. The maximum Gasteiger partial charge on any atom is 0.249 e.